The lowest BCUT2D eigenvalue weighted by molar-refractivity contribution is 0.0692. The Balaban J connectivity index is 1.97. The molecule has 102 valence electrons. The van der Waals surface area contributed by atoms with Gasteiger partial charge in [-0.1, -0.05) is 6.07 Å². The monoisotopic (exact) mass is 272 g/mol. The van der Waals surface area contributed by atoms with Gasteiger partial charge < -0.3 is 15.7 Å². The first kappa shape index (κ1) is 13.5. The largest absolute Gasteiger partial charge is 0.476 e. The third-order valence-corrected chi connectivity index (χ3v) is 2.43. The highest BCUT2D eigenvalue weighted by atomic mass is 16.4. The summed E-state index contributed by atoms with van der Waals surface area (Å²) in [5.74, 6) is -1.20. The summed E-state index contributed by atoms with van der Waals surface area (Å²) in [5, 5.41) is 14.0. The van der Waals surface area contributed by atoms with E-state index in [1.54, 1.807) is 24.5 Å². The van der Waals surface area contributed by atoms with Crippen molar-refractivity contribution in [1.82, 2.24) is 15.3 Å². The molecule has 0 atom stereocenters. The van der Waals surface area contributed by atoms with Crippen LogP contribution in [-0.4, -0.2) is 27.1 Å². The first-order valence-electron chi connectivity index (χ1n) is 5.79. The number of urea groups is 1. The molecule has 20 heavy (non-hydrogen) atoms. The van der Waals surface area contributed by atoms with Crippen LogP contribution in [0.15, 0.2) is 42.9 Å². The van der Waals surface area contributed by atoms with Crippen LogP contribution in [0.25, 0.3) is 0 Å². The number of hydrogen-bond acceptors (Lipinski definition) is 4. The number of aromatic carboxylic acids is 1. The van der Waals surface area contributed by atoms with Crippen LogP contribution >= 0.6 is 0 Å². The lowest BCUT2D eigenvalue weighted by atomic mass is 10.3. The standard InChI is InChI=1S/C13H12N4O3/c18-12(19)11-10(4-2-6-15-11)17-13(20)16-8-9-3-1-5-14-7-9/h1-7H,8H2,(H,18,19)(H2,16,17,20). The molecule has 0 spiro atoms. The number of hydrogen-bond donors (Lipinski definition) is 3. The van der Waals surface area contributed by atoms with Crippen molar-refractivity contribution in [1.29, 1.82) is 0 Å². The molecule has 0 saturated carbocycles. The van der Waals surface area contributed by atoms with E-state index >= 15 is 0 Å². The van der Waals surface area contributed by atoms with E-state index in [1.165, 1.54) is 12.3 Å². The summed E-state index contributed by atoms with van der Waals surface area (Å²) >= 11 is 0. The van der Waals surface area contributed by atoms with E-state index in [9.17, 15) is 9.59 Å². The van der Waals surface area contributed by atoms with Gasteiger partial charge in [-0.3, -0.25) is 4.98 Å². The highest BCUT2D eigenvalue weighted by molar-refractivity contribution is 5.98. The zero-order valence-electron chi connectivity index (χ0n) is 10.4. The molecule has 2 rings (SSSR count). The summed E-state index contributed by atoms with van der Waals surface area (Å²) < 4.78 is 0. The van der Waals surface area contributed by atoms with Crippen LogP contribution in [0.5, 0.6) is 0 Å². The molecule has 7 nitrogen and oxygen atoms in total. The zero-order chi connectivity index (χ0) is 14.4. The molecule has 2 heterocycles. The third-order valence-electron chi connectivity index (χ3n) is 2.43. The van der Waals surface area contributed by atoms with Gasteiger partial charge in [0.15, 0.2) is 5.69 Å². The number of carbonyl (C=O) groups is 2. The molecule has 0 aromatic carbocycles. The predicted octanol–water partition coefficient (Wildman–Crippen LogP) is 1.50. The minimum absolute atomic E-state index is 0.142. The Hall–Kier alpha value is -2.96. The Labute approximate surface area is 114 Å². The molecule has 2 amide bonds. The van der Waals surface area contributed by atoms with Crippen LogP contribution in [-0.2, 0) is 6.54 Å². The number of carboxylic acid groups (broad SMARTS) is 1. The second-order valence-corrected chi connectivity index (χ2v) is 3.87. The number of aromatic nitrogens is 2. The number of nitrogens with one attached hydrogen (secondary N) is 2. The first-order chi connectivity index (χ1) is 9.66. The van der Waals surface area contributed by atoms with Gasteiger partial charge >= 0.3 is 12.0 Å². The van der Waals surface area contributed by atoms with E-state index < -0.39 is 12.0 Å². The second-order valence-electron chi connectivity index (χ2n) is 3.87. The Morgan fingerprint density at radius 1 is 1.20 bits per heavy atom. The summed E-state index contributed by atoms with van der Waals surface area (Å²) in [6.07, 6.45) is 4.62. The quantitative estimate of drug-likeness (QED) is 0.782. The third kappa shape index (κ3) is 3.52. The fraction of sp³-hybridized carbons (Fsp3) is 0.0769. The molecule has 0 fully saturated rings. The van der Waals surface area contributed by atoms with Gasteiger partial charge in [-0.2, -0.15) is 0 Å². The number of amides is 2. The van der Waals surface area contributed by atoms with Crippen molar-refractivity contribution in [2.75, 3.05) is 5.32 Å². The number of carbonyl (C=O) groups excluding carboxylic acids is 1. The molecule has 0 saturated heterocycles. The van der Waals surface area contributed by atoms with Crippen LogP contribution in [0, 0.1) is 0 Å². The number of rotatable bonds is 4. The minimum Gasteiger partial charge on any atom is -0.476 e. The molecule has 7 heteroatoms. The van der Waals surface area contributed by atoms with Gasteiger partial charge in [0.2, 0.25) is 0 Å². The summed E-state index contributed by atoms with van der Waals surface area (Å²) in [6.45, 7) is 0.294. The van der Waals surface area contributed by atoms with Crippen LogP contribution in [0.3, 0.4) is 0 Å². The molecule has 0 unspecified atom stereocenters. The van der Waals surface area contributed by atoms with E-state index in [1.807, 2.05) is 6.07 Å². The summed E-state index contributed by atoms with van der Waals surface area (Å²) in [6, 6.07) is 6.09. The topological polar surface area (TPSA) is 104 Å². The summed E-state index contributed by atoms with van der Waals surface area (Å²) in [5.41, 5.74) is 0.778. The number of pyridine rings is 2. The van der Waals surface area contributed by atoms with Crippen LogP contribution < -0.4 is 10.6 Å². The summed E-state index contributed by atoms with van der Waals surface area (Å²) in [7, 11) is 0. The van der Waals surface area contributed by atoms with Gasteiger partial charge in [0, 0.05) is 25.1 Å². The highest BCUT2D eigenvalue weighted by Gasteiger charge is 2.12. The SMILES string of the molecule is O=C(NCc1cccnc1)Nc1cccnc1C(=O)O. The average Bonchev–Trinajstić information content (AvgIpc) is 2.46. The van der Waals surface area contributed by atoms with Gasteiger partial charge in [-0.25, -0.2) is 14.6 Å². The van der Waals surface area contributed by atoms with E-state index in [4.69, 9.17) is 5.11 Å². The van der Waals surface area contributed by atoms with Crippen molar-refractivity contribution in [3.63, 3.8) is 0 Å². The van der Waals surface area contributed by atoms with E-state index in [0.29, 0.717) is 6.54 Å². The summed E-state index contributed by atoms with van der Waals surface area (Å²) in [4.78, 5) is 30.3. The van der Waals surface area contributed by atoms with E-state index in [2.05, 4.69) is 20.6 Å². The maximum atomic E-state index is 11.7. The molecule has 2 aromatic rings. The fourth-order valence-corrected chi connectivity index (χ4v) is 1.53. The van der Waals surface area contributed by atoms with Crippen molar-refractivity contribution >= 4 is 17.7 Å². The minimum atomic E-state index is -1.20. The van der Waals surface area contributed by atoms with Gasteiger partial charge in [0.05, 0.1) is 5.69 Å². The average molecular weight is 272 g/mol. The molecule has 0 radical (unpaired) electrons. The lowest BCUT2D eigenvalue weighted by Gasteiger charge is -2.09. The van der Waals surface area contributed by atoms with Crippen molar-refractivity contribution < 1.29 is 14.7 Å². The zero-order valence-corrected chi connectivity index (χ0v) is 10.4. The van der Waals surface area contributed by atoms with Crippen LogP contribution in [0.2, 0.25) is 0 Å². The van der Waals surface area contributed by atoms with Gasteiger partial charge in [0.25, 0.3) is 0 Å². The van der Waals surface area contributed by atoms with E-state index in [0.717, 1.165) is 5.56 Å². The van der Waals surface area contributed by atoms with Crippen LogP contribution in [0.4, 0.5) is 10.5 Å². The normalized spacial score (nSPS) is 9.80. The van der Waals surface area contributed by atoms with Crippen molar-refractivity contribution in [2.24, 2.45) is 0 Å². The molecule has 0 aliphatic heterocycles. The van der Waals surface area contributed by atoms with Crippen LogP contribution in [0.1, 0.15) is 16.1 Å². The Bertz CT molecular complexity index is 616. The molecular formula is C13H12N4O3. The Morgan fingerprint density at radius 2 is 2.00 bits per heavy atom. The number of nitrogens with zero attached hydrogens (tertiary/aromatic N) is 2. The Morgan fingerprint density at radius 3 is 2.70 bits per heavy atom. The Kier molecular flexibility index (Phi) is 4.23. The number of carboxylic acids is 1. The molecular weight excluding hydrogens is 260 g/mol. The predicted molar refractivity (Wildman–Crippen MR) is 71.3 cm³/mol. The highest BCUT2D eigenvalue weighted by Crippen LogP contribution is 2.11. The molecule has 3 N–H and O–H groups in total. The fourth-order valence-electron chi connectivity index (χ4n) is 1.53. The van der Waals surface area contributed by atoms with Gasteiger partial charge in [0.1, 0.15) is 0 Å². The van der Waals surface area contributed by atoms with Crippen molar-refractivity contribution in [2.45, 2.75) is 6.54 Å². The molecule has 2 aromatic heterocycles. The molecule has 0 aliphatic carbocycles. The van der Waals surface area contributed by atoms with Gasteiger partial charge in [-0.15, -0.1) is 0 Å². The van der Waals surface area contributed by atoms with Gasteiger partial charge in [-0.05, 0) is 23.8 Å². The number of anilines is 1. The van der Waals surface area contributed by atoms with Crippen molar-refractivity contribution in [3.8, 4) is 0 Å². The molecule has 0 bridgehead atoms. The second kappa shape index (κ2) is 6.28. The maximum Gasteiger partial charge on any atom is 0.356 e. The first-order valence-corrected chi connectivity index (χ1v) is 5.79. The maximum absolute atomic E-state index is 11.7. The smallest absolute Gasteiger partial charge is 0.356 e. The molecule has 0 aliphatic rings. The van der Waals surface area contributed by atoms with E-state index in [-0.39, 0.29) is 11.4 Å². The lowest BCUT2D eigenvalue weighted by Crippen LogP contribution is -2.29. The van der Waals surface area contributed by atoms with Crippen molar-refractivity contribution in [3.05, 3.63) is 54.1 Å².